The Kier molecular flexibility index (Phi) is 7.79. The minimum atomic E-state index is 0.635. The van der Waals surface area contributed by atoms with Gasteiger partial charge in [-0.05, 0) is 41.5 Å². The van der Waals surface area contributed by atoms with Crippen molar-refractivity contribution in [3.8, 4) is 78.4 Å². The summed E-state index contributed by atoms with van der Waals surface area (Å²) in [4.78, 5) is 28.3. The number of nitrogens with zero attached hydrogens (tertiary/aromatic N) is 6. The maximum absolute atomic E-state index is 5.23. The molecule has 0 spiro atoms. The maximum Gasteiger partial charge on any atom is 0.160 e. The number of aromatic nitrogens is 6. The second kappa shape index (κ2) is 13.0. The van der Waals surface area contributed by atoms with E-state index in [1.165, 1.54) is 0 Å². The standard InChI is InChI=1S/C42H28N6/c1-2-10-29(11-3-1)42-47-38(36-18-4-16-34(30-12-6-20-43-25-30)40(36)32-14-8-22-45-27-32)24-39(48-42)37-19-5-17-35(31-13-7-21-44-26-31)41(37)33-15-9-23-46-28-33/h1-28H. The lowest BCUT2D eigenvalue weighted by Gasteiger charge is -2.18. The molecule has 0 amide bonds. The van der Waals surface area contributed by atoms with Crippen molar-refractivity contribution in [3.63, 3.8) is 0 Å². The highest BCUT2D eigenvalue weighted by Gasteiger charge is 2.21. The fraction of sp³-hybridized carbons (Fsp3) is 0. The number of hydrogen-bond acceptors (Lipinski definition) is 6. The van der Waals surface area contributed by atoms with E-state index in [0.717, 1.165) is 72.6 Å². The molecule has 0 bridgehead atoms. The predicted octanol–water partition coefficient (Wildman–Crippen LogP) is 9.73. The zero-order chi connectivity index (χ0) is 32.1. The molecule has 0 radical (unpaired) electrons. The third-order valence-corrected chi connectivity index (χ3v) is 8.28. The third kappa shape index (κ3) is 5.63. The zero-order valence-electron chi connectivity index (χ0n) is 25.8. The van der Waals surface area contributed by atoms with Gasteiger partial charge in [-0.1, -0.05) is 91.0 Å². The molecule has 6 heteroatoms. The Balaban J connectivity index is 1.43. The summed E-state index contributed by atoms with van der Waals surface area (Å²) < 4.78 is 0. The minimum absolute atomic E-state index is 0.635. The molecular weight excluding hydrogens is 589 g/mol. The molecule has 48 heavy (non-hydrogen) atoms. The molecule has 0 atom stereocenters. The zero-order valence-corrected chi connectivity index (χ0v) is 25.8. The summed E-state index contributed by atoms with van der Waals surface area (Å²) in [5, 5.41) is 0. The Morgan fingerprint density at radius 1 is 0.312 bits per heavy atom. The van der Waals surface area contributed by atoms with Gasteiger partial charge in [0.15, 0.2) is 5.82 Å². The van der Waals surface area contributed by atoms with E-state index in [2.05, 4.69) is 86.7 Å². The number of rotatable bonds is 7. The minimum Gasteiger partial charge on any atom is -0.264 e. The van der Waals surface area contributed by atoms with Gasteiger partial charge in [-0.25, -0.2) is 9.97 Å². The van der Waals surface area contributed by atoms with Crippen molar-refractivity contribution in [2.75, 3.05) is 0 Å². The monoisotopic (exact) mass is 616 g/mol. The van der Waals surface area contributed by atoms with Crippen LogP contribution in [0.2, 0.25) is 0 Å². The van der Waals surface area contributed by atoms with Crippen LogP contribution in [0.4, 0.5) is 0 Å². The highest BCUT2D eigenvalue weighted by atomic mass is 14.9. The summed E-state index contributed by atoms with van der Waals surface area (Å²) in [6.07, 6.45) is 14.8. The summed E-state index contributed by atoms with van der Waals surface area (Å²) in [5.74, 6) is 0.635. The summed E-state index contributed by atoms with van der Waals surface area (Å²) >= 11 is 0. The van der Waals surface area contributed by atoms with Crippen LogP contribution in [0.3, 0.4) is 0 Å². The third-order valence-electron chi connectivity index (χ3n) is 8.28. The first-order valence-corrected chi connectivity index (χ1v) is 15.7. The van der Waals surface area contributed by atoms with Gasteiger partial charge in [0, 0.05) is 99.6 Å². The van der Waals surface area contributed by atoms with Crippen LogP contribution < -0.4 is 0 Å². The van der Waals surface area contributed by atoms with E-state index in [9.17, 15) is 0 Å². The van der Waals surface area contributed by atoms with Gasteiger partial charge in [-0.2, -0.15) is 0 Å². The molecular formula is C42H28N6. The first-order chi connectivity index (χ1) is 23.8. The van der Waals surface area contributed by atoms with E-state index < -0.39 is 0 Å². The molecule has 3 aromatic carbocycles. The number of pyridine rings is 4. The molecule has 0 fully saturated rings. The Morgan fingerprint density at radius 2 is 0.708 bits per heavy atom. The molecule has 0 N–H and O–H groups in total. The molecule has 0 aliphatic heterocycles. The fourth-order valence-corrected chi connectivity index (χ4v) is 6.14. The molecule has 6 nitrogen and oxygen atoms in total. The van der Waals surface area contributed by atoms with Crippen LogP contribution in [0.5, 0.6) is 0 Å². The van der Waals surface area contributed by atoms with Crippen molar-refractivity contribution in [1.82, 2.24) is 29.9 Å². The molecule has 8 rings (SSSR count). The smallest absolute Gasteiger partial charge is 0.160 e. The van der Waals surface area contributed by atoms with Gasteiger partial charge in [0.1, 0.15) is 0 Å². The molecule has 8 aromatic rings. The SMILES string of the molecule is c1ccc(-c2nc(-c3cccc(-c4cccnc4)c3-c3cccnc3)cc(-c3cccc(-c4cccnc4)c3-c3cccnc3)n2)cc1. The van der Waals surface area contributed by atoms with Crippen molar-refractivity contribution in [3.05, 3.63) is 171 Å². The van der Waals surface area contributed by atoms with E-state index in [4.69, 9.17) is 9.97 Å². The fourth-order valence-electron chi connectivity index (χ4n) is 6.14. The van der Waals surface area contributed by atoms with Crippen LogP contribution in [0.1, 0.15) is 0 Å². The summed E-state index contributed by atoms with van der Waals surface area (Å²) in [6, 6.07) is 41.0. The first kappa shape index (κ1) is 28.8. The highest BCUT2D eigenvalue weighted by molar-refractivity contribution is 5.96. The molecule has 0 unspecified atom stereocenters. The van der Waals surface area contributed by atoms with E-state index in [0.29, 0.717) is 5.82 Å². The highest BCUT2D eigenvalue weighted by Crippen LogP contribution is 2.43. The molecule has 5 aromatic heterocycles. The lowest BCUT2D eigenvalue weighted by atomic mass is 9.88. The van der Waals surface area contributed by atoms with Gasteiger partial charge in [-0.3, -0.25) is 19.9 Å². The molecule has 0 aliphatic rings. The first-order valence-electron chi connectivity index (χ1n) is 15.7. The number of hydrogen-bond donors (Lipinski definition) is 0. The number of benzene rings is 3. The summed E-state index contributed by atoms with van der Waals surface area (Å²) in [6.45, 7) is 0. The Bertz CT molecular complexity index is 2170. The normalized spacial score (nSPS) is 10.9. The summed E-state index contributed by atoms with van der Waals surface area (Å²) in [7, 11) is 0. The lowest BCUT2D eigenvalue weighted by molar-refractivity contribution is 1.18. The molecule has 226 valence electrons. The maximum atomic E-state index is 5.23. The lowest BCUT2D eigenvalue weighted by Crippen LogP contribution is -1.99. The van der Waals surface area contributed by atoms with E-state index in [1.807, 2.05) is 79.4 Å². The topological polar surface area (TPSA) is 77.3 Å². The van der Waals surface area contributed by atoms with Crippen LogP contribution in [0.25, 0.3) is 78.4 Å². The van der Waals surface area contributed by atoms with E-state index >= 15 is 0 Å². The van der Waals surface area contributed by atoms with Crippen LogP contribution >= 0.6 is 0 Å². The molecule has 5 heterocycles. The van der Waals surface area contributed by atoms with E-state index in [-0.39, 0.29) is 0 Å². The van der Waals surface area contributed by atoms with Crippen LogP contribution in [0, 0.1) is 0 Å². The van der Waals surface area contributed by atoms with Crippen LogP contribution in [0.15, 0.2) is 171 Å². The van der Waals surface area contributed by atoms with Gasteiger partial charge in [0.25, 0.3) is 0 Å². The van der Waals surface area contributed by atoms with Crippen LogP contribution in [-0.4, -0.2) is 29.9 Å². The Labute approximate surface area is 278 Å². The van der Waals surface area contributed by atoms with Crippen molar-refractivity contribution >= 4 is 0 Å². The average molecular weight is 617 g/mol. The Hall–Kier alpha value is -6.66. The average Bonchev–Trinajstić information content (AvgIpc) is 3.19. The van der Waals surface area contributed by atoms with Crippen LogP contribution in [-0.2, 0) is 0 Å². The van der Waals surface area contributed by atoms with Crippen molar-refractivity contribution < 1.29 is 0 Å². The second-order valence-electron chi connectivity index (χ2n) is 11.3. The second-order valence-corrected chi connectivity index (χ2v) is 11.3. The van der Waals surface area contributed by atoms with Gasteiger partial charge >= 0.3 is 0 Å². The van der Waals surface area contributed by atoms with Crippen molar-refractivity contribution in [2.24, 2.45) is 0 Å². The molecule has 0 saturated carbocycles. The van der Waals surface area contributed by atoms with Gasteiger partial charge in [-0.15, -0.1) is 0 Å². The largest absolute Gasteiger partial charge is 0.264 e. The van der Waals surface area contributed by atoms with E-state index in [1.54, 1.807) is 24.8 Å². The molecule has 0 aliphatic carbocycles. The van der Waals surface area contributed by atoms with Gasteiger partial charge in [0.05, 0.1) is 11.4 Å². The predicted molar refractivity (Wildman–Crippen MR) is 191 cm³/mol. The Morgan fingerprint density at radius 3 is 1.12 bits per heavy atom. The summed E-state index contributed by atoms with van der Waals surface area (Å²) in [5.41, 5.74) is 12.6. The van der Waals surface area contributed by atoms with Gasteiger partial charge in [0.2, 0.25) is 0 Å². The van der Waals surface area contributed by atoms with Crippen molar-refractivity contribution in [2.45, 2.75) is 0 Å². The molecule has 0 saturated heterocycles. The quantitative estimate of drug-likeness (QED) is 0.177. The van der Waals surface area contributed by atoms with Crippen molar-refractivity contribution in [1.29, 1.82) is 0 Å². The van der Waals surface area contributed by atoms with Gasteiger partial charge < -0.3 is 0 Å².